The second kappa shape index (κ2) is 8.09. The predicted molar refractivity (Wildman–Crippen MR) is 88.4 cm³/mol. The molecule has 0 aromatic rings. The van der Waals surface area contributed by atoms with E-state index in [0.717, 1.165) is 0 Å². The lowest BCUT2D eigenvalue weighted by molar-refractivity contribution is -0.168. The fourth-order valence-corrected chi connectivity index (χ4v) is 2.96. The number of hydrogen-bond acceptors (Lipinski definition) is 7. The van der Waals surface area contributed by atoms with E-state index in [1.807, 2.05) is 0 Å². The number of methoxy groups -OCH3 is 2. The minimum atomic E-state index is -1.62. The number of allylic oxidation sites excluding steroid dienone is 3. The summed E-state index contributed by atoms with van der Waals surface area (Å²) in [7, 11) is 2.34. The Bertz CT molecular complexity index is 651. The van der Waals surface area contributed by atoms with Gasteiger partial charge in [0.25, 0.3) is 0 Å². The first-order chi connectivity index (χ1) is 11.7. The van der Waals surface area contributed by atoms with Crippen LogP contribution < -0.4 is 0 Å². The summed E-state index contributed by atoms with van der Waals surface area (Å²) in [5.41, 5.74) is 0.0148. The van der Waals surface area contributed by atoms with Crippen molar-refractivity contribution in [3.8, 4) is 0 Å². The van der Waals surface area contributed by atoms with Crippen LogP contribution in [-0.4, -0.2) is 44.5 Å². The van der Waals surface area contributed by atoms with Crippen LogP contribution in [0.15, 0.2) is 22.3 Å². The first kappa shape index (κ1) is 20.6. The molecule has 0 atom stereocenters. The molecule has 7 nitrogen and oxygen atoms in total. The first-order valence-corrected chi connectivity index (χ1v) is 7.91. The van der Waals surface area contributed by atoms with Crippen LogP contribution in [0.25, 0.3) is 0 Å². The van der Waals surface area contributed by atoms with Gasteiger partial charge < -0.3 is 14.2 Å². The fourth-order valence-electron chi connectivity index (χ4n) is 2.96. The van der Waals surface area contributed by atoms with Crippen LogP contribution in [0.5, 0.6) is 0 Å². The lowest BCUT2D eigenvalue weighted by Crippen LogP contribution is -2.39. The van der Waals surface area contributed by atoms with Crippen LogP contribution in [0.4, 0.5) is 0 Å². The molecule has 25 heavy (non-hydrogen) atoms. The van der Waals surface area contributed by atoms with Crippen molar-refractivity contribution in [1.82, 2.24) is 0 Å². The van der Waals surface area contributed by atoms with E-state index in [1.54, 1.807) is 20.8 Å². The molecule has 0 bridgehead atoms. The zero-order chi connectivity index (χ0) is 19.4. The van der Waals surface area contributed by atoms with Crippen molar-refractivity contribution in [2.75, 3.05) is 20.8 Å². The van der Waals surface area contributed by atoms with Gasteiger partial charge in [-0.05, 0) is 38.8 Å². The first-order valence-electron chi connectivity index (χ1n) is 7.91. The maximum atomic E-state index is 12.3. The second-order valence-electron chi connectivity index (χ2n) is 5.90. The standard InChI is InChI=1S/C18H24O7/c1-7-25-15(20)11(3)10(2)13-8-18(16(21)23-5,17(22)24-6)9-14(13)12(4)19/h7-9H2,1-6H3/b11-10-. The highest BCUT2D eigenvalue weighted by Gasteiger charge is 2.54. The summed E-state index contributed by atoms with van der Waals surface area (Å²) < 4.78 is 14.5. The Morgan fingerprint density at radius 2 is 1.40 bits per heavy atom. The van der Waals surface area contributed by atoms with E-state index >= 15 is 0 Å². The molecule has 1 rings (SSSR count). The third-order valence-corrected chi connectivity index (χ3v) is 4.50. The number of Topliss-reactive ketones (excluding diaryl/α,β-unsaturated/α-hetero) is 1. The van der Waals surface area contributed by atoms with Crippen LogP contribution in [0.1, 0.15) is 40.5 Å². The molecule has 0 heterocycles. The van der Waals surface area contributed by atoms with Gasteiger partial charge >= 0.3 is 17.9 Å². The van der Waals surface area contributed by atoms with Gasteiger partial charge in [-0.25, -0.2) is 4.79 Å². The summed E-state index contributed by atoms with van der Waals surface area (Å²) in [5, 5.41) is 0. The molecule has 0 saturated heterocycles. The van der Waals surface area contributed by atoms with Gasteiger partial charge in [-0.2, -0.15) is 0 Å². The third-order valence-electron chi connectivity index (χ3n) is 4.50. The Morgan fingerprint density at radius 3 is 1.80 bits per heavy atom. The van der Waals surface area contributed by atoms with Crippen molar-refractivity contribution < 1.29 is 33.4 Å². The Labute approximate surface area is 147 Å². The summed E-state index contributed by atoms with van der Waals surface area (Å²) in [5.74, 6) is -2.32. The largest absolute Gasteiger partial charge is 0.468 e. The van der Waals surface area contributed by atoms with E-state index in [-0.39, 0.29) is 25.2 Å². The molecule has 0 saturated carbocycles. The average Bonchev–Trinajstić information content (AvgIpc) is 3.01. The lowest BCUT2D eigenvalue weighted by atomic mass is 9.82. The normalized spacial score (nSPS) is 16.9. The maximum Gasteiger partial charge on any atom is 0.333 e. The number of carbonyl (C=O) groups excluding carboxylic acids is 4. The van der Waals surface area contributed by atoms with E-state index in [4.69, 9.17) is 14.2 Å². The molecule has 0 unspecified atom stereocenters. The van der Waals surface area contributed by atoms with E-state index < -0.39 is 23.3 Å². The highest BCUT2D eigenvalue weighted by atomic mass is 16.5. The van der Waals surface area contributed by atoms with E-state index in [9.17, 15) is 19.2 Å². The maximum absolute atomic E-state index is 12.3. The number of esters is 3. The summed E-state index contributed by atoms with van der Waals surface area (Å²) in [6, 6.07) is 0. The molecule has 1 aliphatic rings. The van der Waals surface area contributed by atoms with Gasteiger partial charge in [-0.15, -0.1) is 0 Å². The van der Waals surface area contributed by atoms with Crippen LogP contribution in [0.2, 0.25) is 0 Å². The highest BCUT2D eigenvalue weighted by molar-refractivity contribution is 6.06. The molecule has 0 aromatic heterocycles. The van der Waals surface area contributed by atoms with E-state index in [1.165, 1.54) is 21.1 Å². The monoisotopic (exact) mass is 352 g/mol. The Balaban J connectivity index is 3.46. The lowest BCUT2D eigenvalue weighted by Gasteiger charge is -2.23. The van der Waals surface area contributed by atoms with Crippen LogP contribution in [0.3, 0.4) is 0 Å². The molecular formula is C18H24O7. The van der Waals surface area contributed by atoms with Crippen LogP contribution in [-0.2, 0) is 33.4 Å². The number of hydrogen-bond donors (Lipinski definition) is 0. The quantitative estimate of drug-likeness (QED) is 0.312. The minimum Gasteiger partial charge on any atom is -0.468 e. The SMILES string of the molecule is CCOC(=O)/C(C)=C(/C)C1=C(C(C)=O)CC(C(=O)OC)(C(=O)OC)C1. The predicted octanol–water partition coefficient (Wildman–Crippen LogP) is 1.90. The minimum absolute atomic E-state index is 0.0656. The van der Waals surface area contributed by atoms with Gasteiger partial charge in [0.1, 0.15) is 0 Å². The number of ketones is 1. The Hall–Kier alpha value is -2.44. The van der Waals surface area contributed by atoms with Gasteiger partial charge in [0.15, 0.2) is 11.2 Å². The molecule has 0 aromatic carbocycles. The molecule has 7 heteroatoms. The molecule has 138 valence electrons. The van der Waals surface area contributed by atoms with Gasteiger partial charge in [0.05, 0.1) is 20.8 Å². The summed E-state index contributed by atoms with van der Waals surface area (Å²) in [6.07, 6.45) is -0.186. The zero-order valence-electron chi connectivity index (χ0n) is 15.5. The van der Waals surface area contributed by atoms with Crippen molar-refractivity contribution >= 4 is 23.7 Å². The number of carbonyl (C=O) groups is 4. The Morgan fingerprint density at radius 1 is 0.920 bits per heavy atom. The summed E-state index contributed by atoms with van der Waals surface area (Å²) >= 11 is 0. The van der Waals surface area contributed by atoms with Gasteiger partial charge in [-0.3, -0.25) is 14.4 Å². The molecular weight excluding hydrogens is 328 g/mol. The summed E-state index contributed by atoms with van der Waals surface area (Å²) in [6.45, 7) is 6.50. The van der Waals surface area contributed by atoms with E-state index in [2.05, 4.69) is 0 Å². The molecule has 0 spiro atoms. The van der Waals surface area contributed by atoms with Crippen LogP contribution >= 0.6 is 0 Å². The van der Waals surface area contributed by atoms with Crippen molar-refractivity contribution in [1.29, 1.82) is 0 Å². The van der Waals surface area contributed by atoms with Gasteiger partial charge in [0.2, 0.25) is 0 Å². The fraction of sp³-hybridized carbons (Fsp3) is 0.556. The van der Waals surface area contributed by atoms with Crippen molar-refractivity contribution in [3.63, 3.8) is 0 Å². The number of ether oxygens (including phenoxy) is 3. The molecule has 0 amide bonds. The second-order valence-corrected chi connectivity index (χ2v) is 5.90. The zero-order valence-corrected chi connectivity index (χ0v) is 15.5. The topological polar surface area (TPSA) is 96.0 Å². The average molecular weight is 352 g/mol. The Kier molecular flexibility index (Phi) is 6.67. The highest BCUT2D eigenvalue weighted by Crippen LogP contribution is 2.47. The third kappa shape index (κ3) is 3.81. The van der Waals surface area contributed by atoms with Crippen molar-refractivity contribution in [3.05, 3.63) is 22.3 Å². The van der Waals surface area contributed by atoms with Gasteiger partial charge in [0, 0.05) is 24.0 Å². The smallest absolute Gasteiger partial charge is 0.333 e. The molecule has 0 N–H and O–H groups in total. The van der Waals surface area contributed by atoms with Crippen molar-refractivity contribution in [2.45, 2.75) is 40.5 Å². The number of rotatable bonds is 6. The molecule has 1 aliphatic carbocycles. The summed E-state index contributed by atoms with van der Waals surface area (Å²) in [4.78, 5) is 48.7. The van der Waals surface area contributed by atoms with E-state index in [0.29, 0.717) is 22.3 Å². The van der Waals surface area contributed by atoms with Crippen molar-refractivity contribution in [2.24, 2.45) is 5.41 Å². The molecule has 0 fully saturated rings. The molecule has 0 radical (unpaired) electrons. The molecule has 0 aliphatic heterocycles. The van der Waals surface area contributed by atoms with Gasteiger partial charge in [-0.1, -0.05) is 0 Å². The van der Waals surface area contributed by atoms with Crippen LogP contribution in [0, 0.1) is 5.41 Å².